The summed E-state index contributed by atoms with van der Waals surface area (Å²) in [5.74, 6) is 1.66. The predicted molar refractivity (Wildman–Crippen MR) is 77.4 cm³/mol. The van der Waals surface area contributed by atoms with Gasteiger partial charge in [0, 0.05) is 36.5 Å². The monoisotopic (exact) mass is 270 g/mol. The van der Waals surface area contributed by atoms with Crippen LogP contribution in [0.4, 0.5) is 5.82 Å². The summed E-state index contributed by atoms with van der Waals surface area (Å²) in [6.45, 7) is 4.37. The van der Waals surface area contributed by atoms with Gasteiger partial charge in [-0.2, -0.15) is 0 Å². The van der Waals surface area contributed by atoms with Gasteiger partial charge >= 0.3 is 0 Å². The minimum absolute atomic E-state index is 0.595. The quantitative estimate of drug-likeness (QED) is 0.924. The van der Waals surface area contributed by atoms with Crippen LogP contribution >= 0.6 is 0 Å². The zero-order chi connectivity index (χ0) is 13.8. The first kappa shape index (κ1) is 13.0. The summed E-state index contributed by atoms with van der Waals surface area (Å²) in [5, 5.41) is 3.39. The first-order valence-corrected chi connectivity index (χ1v) is 7.00. The Morgan fingerprint density at radius 2 is 2.10 bits per heavy atom. The van der Waals surface area contributed by atoms with Crippen LogP contribution in [0.25, 0.3) is 11.4 Å². The molecule has 0 aliphatic carbocycles. The lowest BCUT2D eigenvalue weighted by Gasteiger charge is -2.20. The molecule has 0 saturated heterocycles. The first-order chi connectivity index (χ1) is 9.88. The third-order valence-corrected chi connectivity index (χ3v) is 3.30. The standard InChI is InChI=1S/C15H18N4O/c1-2-6-17-15-12-10-20-9-5-13(12)18-14(19-15)11-3-7-16-8-4-11/h3-4,7-8H,2,5-6,9-10H2,1H3,(H,17,18,19). The van der Waals surface area contributed by atoms with E-state index in [0.29, 0.717) is 6.61 Å². The van der Waals surface area contributed by atoms with E-state index in [4.69, 9.17) is 9.72 Å². The highest BCUT2D eigenvalue weighted by atomic mass is 16.5. The molecule has 5 nitrogen and oxygen atoms in total. The van der Waals surface area contributed by atoms with E-state index in [1.165, 1.54) is 0 Å². The van der Waals surface area contributed by atoms with Gasteiger partial charge in [0.2, 0.25) is 0 Å². The topological polar surface area (TPSA) is 59.9 Å². The normalized spacial score (nSPS) is 13.8. The van der Waals surface area contributed by atoms with Crippen molar-refractivity contribution in [2.75, 3.05) is 18.5 Å². The fourth-order valence-electron chi connectivity index (χ4n) is 2.25. The number of anilines is 1. The lowest BCUT2D eigenvalue weighted by Crippen LogP contribution is -2.17. The summed E-state index contributed by atoms with van der Waals surface area (Å²) in [4.78, 5) is 13.4. The third kappa shape index (κ3) is 2.63. The summed E-state index contributed by atoms with van der Waals surface area (Å²) in [5.41, 5.74) is 3.19. The van der Waals surface area contributed by atoms with Gasteiger partial charge in [-0.3, -0.25) is 4.98 Å². The number of fused-ring (bicyclic) bond motifs is 1. The molecular formula is C15H18N4O. The van der Waals surface area contributed by atoms with E-state index in [2.05, 4.69) is 22.2 Å². The van der Waals surface area contributed by atoms with E-state index >= 15 is 0 Å². The van der Waals surface area contributed by atoms with Crippen molar-refractivity contribution in [3.63, 3.8) is 0 Å². The number of aromatic nitrogens is 3. The minimum atomic E-state index is 0.595. The summed E-state index contributed by atoms with van der Waals surface area (Å²) in [7, 11) is 0. The van der Waals surface area contributed by atoms with Crippen molar-refractivity contribution in [3.05, 3.63) is 35.8 Å². The van der Waals surface area contributed by atoms with Crippen LogP contribution in [0, 0.1) is 0 Å². The fraction of sp³-hybridized carbons (Fsp3) is 0.400. The predicted octanol–water partition coefficient (Wildman–Crippen LogP) is 2.43. The Bertz CT molecular complexity index is 586. The molecule has 1 aliphatic heterocycles. The molecule has 0 unspecified atom stereocenters. The molecule has 1 N–H and O–H groups in total. The molecule has 0 spiro atoms. The van der Waals surface area contributed by atoms with Crippen molar-refractivity contribution in [2.45, 2.75) is 26.4 Å². The Kier molecular flexibility index (Phi) is 3.87. The van der Waals surface area contributed by atoms with Crippen molar-refractivity contribution in [2.24, 2.45) is 0 Å². The maximum Gasteiger partial charge on any atom is 0.161 e. The van der Waals surface area contributed by atoms with Crippen LogP contribution in [0.1, 0.15) is 24.6 Å². The van der Waals surface area contributed by atoms with Crippen LogP contribution in [-0.4, -0.2) is 28.1 Å². The maximum absolute atomic E-state index is 5.53. The van der Waals surface area contributed by atoms with Crippen LogP contribution in [0.3, 0.4) is 0 Å². The second-order valence-corrected chi connectivity index (χ2v) is 4.79. The first-order valence-electron chi connectivity index (χ1n) is 7.00. The maximum atomic E-state index is 5.53. The van der Waals surface area contributed by atoms with Gasteiger partial charge in [-0.05, 0) is 18.6 Å². The lowest BCUT2D eigenvalue weighted by molar-refractivity contribution is 0.109. The van der Waals surface area contributed by atoms with Gasteiger partial charge in [0.05, 0.1) is 18.9 Å². The van der Waals surface area contributed by atoms with Crippen molar-refractivity contribution < 1.29 is 4.74 Å². The minimum Gasteiger partial charge on any atom is -0.376 e. The van der Waals surface area contributed by atoms with Crippen molar-refractivity contribution in [1.82, 2.24) is 15.0 Å². The molecule has 104 valence electrons. The van der Waals surface area contributed by atoms with Crippen molar-refractivity contribution in [3.8, 4) is 11.4 Å². The van der Waals surface area contributed by atoms with E-state index in [0.717, 1.165) is 54.5 Å². The number of hydrogen-bond acceptors (Lipinski definition) is 5. The highest BCUT2D eigenvalue weighted by Gasteiger charge is 2.18. The Hall–Kier alpha value is -2.01. The highest BCUT2D eigenvalue weighted by Crippen LogP contribution is 2.25. The number of nitrogens with zero attached hydrogens (tertiary/aromatic N) is 3. The van der Waals surface area contributed by atoms with E-state index in [1.807, 2.05) is 12.1 Å². The second-order valence-electron chi connectivity index (χ2n) is 4.79. The van der Waals surface area contributed by atoms with E-state index in [9.17, 15) is 0 Å². The Morgan fingerprint density at radius 3 is 2.90 bits per heavy atom. The van der Waals surface area contributed by atoms with Gasteiger partial charge in [-0.15, -0.1) is 0 Å². The van der Waals surface area contributed by atoms with Gasteiger partial charge in [-0.1, -0.05) is 6.92 Å². The molecule has 0 bridgehead atoms. The van der Waals surface area contributed by atoms with E-state index < -0.39 is 0 Å². The smallest absolute Gasteiger partial charge is 0.161 e. The van der Waals surface area contributed by atoms with Crippen molar-refractivity contribution >= 4 is 5.82 Å². The van der Waals surface area contributed by atoms with Crippen LogP contribution in [0.15, 0.2) is 24.5 Å². The van der Waals surface area contributed by atoms with Gasteiger partial charge in [0.1, 0.15) is 5.82 Å². The average Bonchev–Trinajstić information content (AvgIpc) is 2.53. The molecule has 0 fully saturated rings. The molecule has 0 saturated carbocycles. The molecule has 2 aromatic heterocycles. The van der Waals surface area contributed by atoms with E-state index in [1.54, 1.807) is 12.4 Å². The molecule has 0 amide bonds. The lowest BCUT2D eigenvalue weighted by atomic mass is 10.1. The Labute approximate surface area is 118 Å². The fourth-order valence-corrected chi connectivity index (χ4v) is 2.25. The van der Waals surface area contributed by atoms with Crippen molar-refractivity contribution in [1.29, 1.82) is 0 Å². The molecule has 3 heterocycles. The zero-order valence-corrected chi connectivity index (χ0v) is 11.6. The largest absolute Gasteiger partial charge is 0.376 e. The van der Waals surface area contributed by atoms with Gasteiger partial charge < -0.3 is 10.1 Å². The molecule has 20 heavy (non-hydrogen) atoms. The third-order valence-electron chi connectivity index (χ3n) is 3.30. The molecule has 0 radical (unpaired) electrons. The number of pyridine rings is 1. The SMILES string of the molecule is CCCNc1nc(-c2ccncc2)nc2c1COCC2. The molecule has 0 aromatic carbocycles. The number of rotatable bonds is 4. The second kappa shape index (κ2) is 5.96. The summed E-state index contributed by atoms with van der Waals surface area (Å²) < 4.78 is 5.53. The number of hydrogen-bond donors (Lipinski definition) is 1. The summed E-state index contributed by atoms with van der Waals surface area (Å²) >= 11 is 0. The highest BCUT2D eigenvalue weighted by molar-refractivity contribution is 5.59. The molecule has 2 aromatic rings. The van der Waals surface area contributed by atoms with E-state index in [-0.39, 0.29) is 0 Å². The molecule has 3 rings (SSSR count). The molecule has 5 heteroatoms. The Balaban J connectivity index is 2.03. The molecule has 1 aliphatic rings. The molecular weight excluding hydrogens is 252 g/mol. The van der Waals surface area contributed by atoms with Gasteiger partial charge in [-0.25, -0.2) is 9.97 Å². The van der Waals surface area contributed by atoms with Crippen LogP contribution in [-0.2, 0) is 17.8 Å². The zero-order valence-electron chi connectivity index (χ0n) is 11.6. The summed E-state index contributed by atoms with van der Waals surface area (Å²) in [6, 6.07) is 3.87. The van der Waals surface area contributed by atoms with Crippen LogP contribution < -0.4 is 5.32 Å². The summed E-state index contributed by atoms with van der Waals surface area (Å²) in [6.07, 6.45) is 5.43. The van der Waals surface area contributed by atoms with Crippen LogP contribution in [0.2, 0.25) is 0 Å². The van der Waals surface area contributed by atoms with Gasteiger partial charge in [0.15, 0.2) is 5.82 Å². The number of ether oxygens (including phenoxy) is 1. The van der Waals surface area contributed by atoms with Gasteiger partial charge in [0.25, 0.3) is 0 Å². The Morgan fingerprint density at radius 1 is 1.25 bits per heavy atom. The average molecular weight is 270 g/mol. The number of nitrogens with one attached hydrogen (secondary N) is 1. The van der Waals surface area contributed by atoms with Crippen LogP contribution in [0.5, 0.6) is 0 Å². The molecule has 0 atom stereocenters.